The molecule has 0 heterocycles. The molecule has 26 heavy (non-hydrogen) atoms. The maximum absolute atomic E-state index is 12.4. The molecule has 1 amide bonds. The number of carbonyl (C=O) groups excluding carboxylic acids is 1. The molecule has 0 fully saturated rings. The lowest BCUT2D eigenvalue weighted by Crippen LogP contribution is -2.47. The first-order valence-corrected chi connectivity index (χ1v) is 9.85. The van der Waals surface area contributed by atoms with Crippen LogP contribution in [0.2, 0.25) is 5.02 Å². The molecule has 3 N–H and O–H groups in total. The van der Waals surface area contributed by atoms with Crippen LogP contribution in [-0.4, -0.2) is 26.5 Å². The quantitative estimate of drug-likeness (QED) is 0.751. The number of amides is 1. The summed E-state index contributed by atoms with van der Waals surface area (Å²) in [6.07, 6.45) is 0.549. The van der Waals surface area contributed by atoms with E-state index in [0.29, 0.717) is 23.7 Å². The summed E-state index contributed by atoms with van der Waals surface area (Å²) in [5.74, 6) is 0.293. The average Bonchev–Trinajstić information content (AvgIpc) is 2.56. The van der Waals surface area contributed by atoms with E-state index in [1.54, 1.807) is 50.2 Å². The summed E-state index contributed by atoms with van der Waals surface area (Å²) in [4.78, 5) is 12.4. The number of hydrogen-bond acceptors (Lipinski definition) is 4. The molecule has 0 aromatic heterocycles. The second-order valence-corrected chi connectivity index (χ2v) is 8.26. The first kappa shape index (κ1) is 20.2. The van der Waals surface area contributed by atoms with Crippen LogP contribution >= 0.6 is 11.6 Å². The number of benzene rings is 2. The van der Waals surface area contributed by atoms with Crippen molar-refractivity contribution >= 4 is 27.5 Å². The molecule has 140 valence electrons. The lowest BCUT2D eigenvalue weighted by molar-refractivity contribution is -0.134. The van der Waals surface area contributed by atoms with E-state index in [4.69, 9.17) is 21.5 Å². The van der Waals surface area contributed by atoms with E-state index in [2.05, 4.69) is 5.32 Å². The third-order valence-electron chi connectivity index (χ3n) is 3.68. The Morgan fingerprint density at radius 3 is 2.23 bits per heavy atom. The largest absolute Gasteiger partial charge is 0.478 e. The zero-order valence-electron chi connectivity index (χ0n) is 14.5. The van der Waals surface area contributed by atoms with Crippen LogP contribution in [-0.2, 0) is 21.2 Å². The van der Waals surface area contributed by atoms with E-state index in [9.17, 15) is 13.2 Å². The Morgan fingerprint density at radius 2 is 1.69 bits per heavy atom. The van der Waals surface area contributed by atoms with Gasteiger partial charge in [0.05, 0.1) is 4.90 Å². The van der Waals surface area contributed by atoms with Crippen LogP contribution in [0.5, 0.6) is 5.75 Å². The molecule has 2 aromatic rings. The SMILES string of the molecule is CC(C)(Oc1ccc(Cl)cc1)C(=O)NCCc1ccc(S(N)(=O)=O)cc1. The zero-order valence-corrected chi connectivity index (χ0v) is 16.1. The number of carbonyl (C=O) groups is 1. The number of halogens is 1. The van der Waals surface area contributed by atoms with Crippen molar-refractivity contribution < 1.29 is 17.9 Å². The van der Waals surface area contributed by atoms with Gasteiger partial charge in [-0.3, -0.25) is 4.79 Å². The van der Waals surface area contributed by atoms with Gasteiger partial charge >= 0.3 is 0 Å². The molecule has 0 radical (unpaired) electrons. The highest BCUT2D eigenvalue weighted by atomic mass is 35.5. The molecule has 0 atom stereocenters. The molecular weight excluding hydrogens is 376 g/mol. The predicted octanol–water partition coefficient (Wildman–Crippen LogP) is 2.50. The number of hydrogen-bond donors (Lipinski definition) is 2. The van der Waals surface area contributed by atoms with Crippen molar-refractivity contribution in [1.82, 2.24) is 5.32 Å². The summed E-state index contributed by atoms with van der Waals surface area (Å²) in [5, 5.41) is 8.47. The van der Waals surface area contributed by atoms with E-state index in [-0.39, 0.29) is 10.8 Å². The van der Waals surface area contributed by atoms with Gasteiger partial charge in [-0.25, -0.2) is 13.6 Å². The monoisotopic (exact) mass is 396 g/mol. The maximum Gasteiger partial charge on any atom is 0.263 e. The minimum atomic E-state index is -3.70. The van der Waals surface area contributed by atoms with Crippen molar-refractivity contribution in [3.8, 4) is 5.75 Å². The van der Waals surface area contributed by atoms with E-state index in [0.717, 1.165) is 5.56 Å². The smallest absolute Gasteiger partial charge is 0.263 e. The zero-order chi connectivity index (χ0) is 19.4. The summed E-state index contributed by atoms with van der Waals surface area (Å²) >= 11 is 5.83. The Kier molecular flexibility index (Phi) is 6.28. The molecule has 2 rings (SSSR count). The fourth-order valence-corrected chi connectivity index (χ4v) is 2.86. The summed E-state index contributed by atoms with van der Waals surface area (Å²) < 4.78 is 28.2. The first-order valence-electron chi connectivity index (χ1n) is 7.92. The van der Waals surface area contributed by atoms with Crippen molar-refractivity contribution in [3.63, 3.8) is 0 Å². The van der Waals surface area contributed by atoms with E-state index in [1.807, 2.05) is 0 Å². The summed E-state index contributed by atoms with van der Waals surface area (Å²) in [5.41, 5.74) is -0.167. The van der Waals surface area contributed by atoms with Crippen LogP contribution in [0.3, 0.4) is 0 Å². The highest BCUT2D eigenvalue weighted by Crippen LogP contribution is 2.21. The number of ether oxygens (including phenoxy) is 1. The predicted molar refractivity (Wildman–Crippen MR) is 101 cm³/mol. The van der Waals surface area contributed by atoms with Gasteiger partial charge in [0, 0.05) is 11.6 Å². The van der Waals surface area contributed by atoms with Crippen molar-refractivity contribution in [3.05, 3.63) is 59.1 Å². The van der Waals surface area contributed by atoms with Crippen molar-refractivity contribution in [2.45, 2.75) is 30.8 Å². The van der Waals surface area contributed by atoms with Crippen LogP contribution in [0.4, 0.5) is 0 Å². The molecule has 0 bridgehead atoms. The first-order chi connectivity index (χ1) is 12.1. The lowest BCUT2D eigenvalue weighted by Gasteiger charge is -2.25. The topological polar surface area (TPSA) is 98.5 Å². The van der Waals surface area contributed by atoms with Crippen molar-refractivity contribution in [2.75, 3.05) is 6.54 Å². The molecule has 0 spiro atoms. The molecule has 2 aromatic carbocycles. The van der Waals surface area contributed by atoms with Gasteiger partial charge in [0.15, 0.2) is 5.60 Å². The van der Waals surface area contributed by atoms with E-state index >= 15 is 0 Å². The van der Waals surface area contributed by atoms with Gasteiger partial charge in [0.2, 0.25) is 10.0 Å². The van der Waals surface area contributed by atoms with Crippen LogP contribution < -0.4 is 15.2 Å². The Labute approximate surface area is 158 Å². The molecule has 0 aliphatic heterocycles. The number of rotatable bonds is 7. The fraction of sp³-hybridized carbons (Fsp3) is 0.278. The standard InChI is InChI=1S/C18H21ClN2O4S/c1-18(2,25-15-7-5-14(19)6-8-15)17(22)21-12-11-13-3-9-16(10-4-13)26(20,23)24/h3-10H,11-12H2,1-2H3,(H,21,22)(H2,20,23,24). The van der Waals surface area contributed by atoms with Crippen molar-refractivity contribution in [2.24, 2.45) is 5.14 Å². The number of sulfonamides is 1. The van der Waals surface area contributed by atoms with Gasteiger partial charge in [-0.05, 0) is 62.2 Å². The molecule has 0 aliphatic carbocycles. The van der Waals surface area contributed by atoms with Crippen LogP contribution in [0.25, 0.3) is 0 Å². The Hall–Kier alpha value is -2.09. The Bertz CT molecular complexity index is 863. The van der Waals surface area contributed by atoms with Crippen LogP contribution in [0, 0.1) is 0 Å². The number of nitrogens with one attached hydrogen (secondary N) is 1. The number of nitrogens with two attached hydrogens (primary N) is 1. The minimum absolute atomic E-state index is 0.0581. The van der Waals surface area contributed by atoms with Crippen LogP contribution in [0.1, 0.15) is 19.4 Å². The van der Waals surface area contributed by atoms with Gasteiger partial charge < -0.3 is 10.1 Å². The lowest BCUT2D eigenvalue weighted by atomic mass is 10.1. The van der Waals surface area contributed by atoms with Gasteiger partial charge in [0.1, 0.15) is 5.75 Å². The molecule has 0 unspecified atom stereocenters. The average molecular weight is 397 g/mol. The van der Waals surface area contributed by atoms with E-state index < -0.39 is 15.6 Å². The summed E-state index contributed by atoms with van der Waals surface area (Å²) in [6.45, 7) is 3.75. The molecule has 0 aliphatic rings. The normalized spacial score (nSPS) is 11.8. The highest BCUT2D eigenvalue weighted by molar-refractivity contribution is 7.89. The minimum Gasteiger partial charge on any atom is -0.478 e. The molecule has 8 heteroatoms. The molecular formula is C18H21ClN2O4S. The Morgan fingerprint density at radius 1 is 1.12 bits per heavy atom. The van der Waals surface area contributed by atoms with Gasteiger partial charge in [0.25, 0.3) is 5.91 Å². The van der Waals surface area contributed by atoms with E-state index in [1.165, 1.54) is 12.1 Å². The fourth-order valence-electron chi connectivity index (χ4n) is 2.22. The second-order valence-electron chi connectivity index (χ2n) is 6.26. The molecule has 0 saturated heterocycles. The Balaban J connectivity index is 1.88. The van der Waals surface area contributed by atoms with Crippen molar-refractivity contribution in [1.29, 1.82) is 0 Å². The third kappa shape index (κ3) is 5.72. The third-order valence-corrected chi connectivity index (χ3v) is 4.87. The second kappa shape index (κ2) is 8.07. The number of primary sulfonamides is 1. The van der Waals surface area contributed by atoms with Gasteiger partial charge in [-0.1, -0.05) is 23.7 Å². The summed E-state index contributed by atoms with van der Waals surface area (Å²) in [6, 6.07) is 13.0. The highest BCUT2D eigenvalue weighted by Gasteiger charge is 2.29. The van der Waals surface area contributed by atoms with Crippen LogP contribution in [0.15, 0.2) is 53.4 Å². The molecule has 6 nitrogen and oxygen atoms in total. The van der Waals surface area contributed by atoms with Gasteiger partial charge in [-0.2, -0.15) is 0 Å². The van der Waals surface area contributed by atoms with Gasteiger partial charge in [-0.15, -0.1) is 0 Å². The summed E-state index contributed by atoms with van der Waals surface area (Å²) in [7, 11) is -3.70. The maximum atomic E-state index is 12.4. The molecule has 0 saturated carbocycles.